The van der Waals surface area contributed by atoms with Gasteiger partial charge in [0.1, 0.15) is 5.69 Å². The predicted molar refractivity (Wildman–Crippen MR) is 92.4 cm³/mol. The minimum atomic E-state index is -0.756. The highest BCUT2D eigenvalue weighted by atomic mass is 16.6. The van der Waals surface area contributed by atoms with Crippen LogP contribution in [0.15, 0.2) is 45.0 Å². The predicted octanol–water partition coefficient (Wildman–Crippen LogP) is 1.23. The summed E-state index contributed by atoms with van der Waals surface area (Å²) in [5, 5.41) is 28.1. The first-order chi connectivity index (χ1) is 12.3. The van der Waals surface area contributed by atoms with E-state index in [0.29, 0.717) is 5.71 Å². The third-order valence-corrected chi connectivity index (χ3v) is 3.34. The van der Waals surface area contributed by atoms with E-state index < -0.39 is 26.8 Å². The quantitative estimate of drug-likeness (QED) is 0.424. The van der Waals surface area contributed by atoms with Gasteiger partial charge < -0.3 is 0 Å². The second-order valence-corrected chi connectivity index (χ2v) is 5.22. The molecule has 1 heterocycles. The van der Waals surface area contributed by atoms with Crippen molar-refractivity contribution in [2.45, 2.75) is 19.9 Å². The maximum Gasteiger partial charge on any atom is 0.301 e. The molecule has 2 N–H and O–H groups in total. The van der Waals surface area contributed by atoms with Crippen LogP contribution in [0, 0.1) is 20.2 Å². The summed E-state index contributed by atoms with van der Waals surface area (Å²) < 4.78 is 1.12. The maximum atomic E-state index is 11.6. The highest BCUT2D eigenvalue weighted by Crippen LogP contribution is 2.28. The molecule has 1 aromatic heterocycles. The molecule has 2 rings (SSSR count). The Morgan fingerprint density at radius 1 is 1.19 bits per heavy atom. The summed E-state index contributed by atoms with van der Waals surface area (Å²) >= 11 is 0. The molecule has 0 aliphatic carbocycles. The molecular formula is C14H14N6O6. The number of aromatic amines is 1. The Bertz CT molecular complexity index is 992. The summed E-state index contributed by atoms with van der Waals surface area (Å²) in [6.07, 6.45) is 0.285. The zero-order chi connectivity index (χ0) is 19.3. The average Bonchev–Trinajstić information content (AvgIpc) is 2.60. The molecule has 0 saturated heterocycles. The number of nitro benzene ring substituents is 2. The first kappa shape index (κ1) is 18.5. The lowest BCUT2D eigenvalue weighted by molar-refractivity contribution is -0.393. The van der Waals surface area contributed by atoms with Crippen molar-refractivity contribution in [3.05, 3.63) is 71.3 Å². The number of aryl methyl sites for hydroxylation is 1. The van der Waals surface area contributed by atoms with Crippen molar-refractivity contribution in [1.29, 1.82) is 0 Å². The first-order valence-electron chi connectivity index (χ1n) is 7.30. The molecule has 0 radical (unpaired) electrons. The molecule has 12 heteroatoms. The van der Waals surface area contributed by atoms with E-state index in [1.54, 1.807) is 6.92 Å². The van der Waals surface area contributed by atoms with Crippen LogP contribution in [0.2, 0.25) is 0 Å². The lowest BCUT2D eigenvalue weighted by Crippen LogP contribution is -2.28. The number of nitrogens with one attached hydrogen (secondary N) is 2. The minimum Gasteiger partial charge on any atom is -0.272 e. The van der Waals surface area contributed by atoms with Gasteiger partial charge in [-0.15, -0.1) is 0 Å². The number of rotatable bonds is 7. The Morgan fingerprint density at radius 2 is 1.92 bits per heavy atom. The monoisotopic (exact) mass is 362 g/mol. The van der Waals surface area contributed by atoms with E-state index in [1.807, 2.05) is 0 Å². The van der Waals surface area contributed by atoms with Crippen molar-refractivity contribution in [3.8, 4) is 0 Å². The van der Waals surface area contributed by atoms with Gasteiger partial charge in [0.05, 0.1) is 15.9 Å². The molecule has 26 heavy (non-hydrogen) atoms. The smallest absolute Gasteiger partial charge is 0.272 e. The number of nitrogens with zero attached hydrogens (tertiary/aromatic N) is 4. The molecule has 0 spiro atoms. The van der Waals surface area contributed by atoms with Crippen LogP contribution < -0.4 is 16.5 Å². The summed E-state index contributed by atoms with van der Waals surface area (Å²) in [5.74, 6) is 0. The Morgan fingerprint density at radius 3 is 2.58 bits per heavy atom. The Hall–Kier alpha value is -3.83. The molecule has 0 atom stereocenters. The minimum absolute atomic E-state index is 0.00904. The highest BCUT2D eigenvalue weighted by Gasteiger charge is 2.19. The van der Waals surface area contributed by atoms with Gasteiger partial charge in [-0.25, -0.2) is 4.68 Å². The van der Waals surface area contributed by atoms with Gasteiger partial charge >= 0.3 is 5.69 Å². The van der Waals surface area contributed by atoms with Gasteiger partial charge in [-0.2, -0.15) is 5.10 Å². The van der Waals surface area contributed by atoms with Crippen molar-refractivity contribution in [2.75, 3.05) is 5.43 Å². The zero-order valence-electron chi connectivity index (χ0n) is 13.5. The first-order valence-corrected chi connectivity index (χ1v) is 7.30. The van der Waals surface area contributed by atoms with E-state index >= 15 is 0 Å². The number of hydrogen-bond acceptors (Lipinski definition) is 8. The molecule has 0 saturated carbocycles. The molecule has 1 aromatic carbocycles. The SMILES string of the molecule is C/C(CCn1[nH]c(=O)ccc1=O)=N\Nc1ccc([N+](=O)[O-])cc1[N+](=O)[O-]. The summed E-state index contributed by atoms with van der Waals surface area (Å²) in [6.45, 7) is 1.78. The van der Waals surface area contributed by atoms with Crippen LogP contribution >= 0.6 is 0 Å². The zero-order valence-corrected chi connectivity index (χ0v) is 13.5. The van der Waals surface area contributed by atoms with Crippen LogP contribution in [-0.2, 0) is 6.54 Å². The number of benzene rings is 1. The van der Waals surface area contributed by atoms with Crippen LogP contribution in [0.5, 0.6) is 0 Å². The number of nitro groups is 2. The molecule has 0 unspecified atom stereocenters. The fourth-order valence-electron chi connectivity index (χ4n) is 1.99. The average molecular weight is 362 g/mol. The van der Waals surface area contributed by atoms with E-state index in [4.69, 9.17) is 0 Å². The van der Waals surface area contributed by atoms with Crippen LogP contribution in [0.1, 0.15) is 13.3 Å². The normalized spacial score (nSPS) is 11.2. The summed E-state index contributed by atoms with van der Waals surface area (Å²) in [5.41, 5.74) is 1.28. The van der Waals surface area contributed by atoms with Gasteiger partial charge in [0, 0.05) is 36.9 Å². The molecule has 0 aliphatic heterocycles. The van der Waals surface area contributed by atoms with Gasteiger partial charge in [-0.05, 0) is 13.0 Å². The van der Waals surface area contributed by atoms with Gasteiger partial charge in [-0.3, -0.25) is 40.3 Å². The third-order valence-electron chi connectivity index (χ3n) is 3.34. The fraction of sp³-hybridized carbons (Fsp3) is 0.214. The summed E-state index contributed by atoms with van der Waals surface area (Å²) in [4.78, 5) is 43.0. The number of hydrogen-bond donors (Lipinski definition) is 2. The lowest BCUT2D eigenvalue weighted by Gasteiger charge is -2.06. The fourth-order valence-corrected chi connectivity index (χ4v) is 1.99. The molecular weight excluding hydrogens is 348 g/mol. The highest BCUT2D eigenvalue weighted by molar-refractivity contribution is 5.83. The van der Waals surface area contributed by atoms with E-state index in [0.717, 1.165) is 28.9 Å². The molecule has 12 nitrogen and oxygen atoms in total. The van der Waals surface area contributed by atoms with Crippen LogP contribution in [0.3, 0.4) is 0 Å². The van der Waals surface area contributed by atoms with Crippen molar-refractivity contribution in [3.63, 3.8) is 0 Å². The molecule has 0 amide bonds. The Balaban J connectivity index is 2.12. The van der Waals surface area contributed by atoms with Crippen molar-refractivity contribution in [1.82, 2.24) is 9.78 Å². The molecule has 0 bridgehead atoms. The van der Waals surface area contributed by atoms with Crippen molar-refractivity contribution >= 4 is 22.8 Å². The number of aromatic nitrogens is 2. The largest absolute Gasteiger partial charge is 0.301 e. The Kier molecular flexibility index (Phi) is 5.57. The standard InChI is InChI=1S/C14H14N6O6/c1-9(6-7-18-14(22)5-4-13(21)17-18)15-16-11-3-2-10(19(23)24)8-12(11)20(25)26/h2-5,8,16H,6-7H2,1H3,(H,17,21)/b15-9+. The summed E-state index contributed by atoms with van der Waals surface area (Å²) in [6, 6.07) is 5.40. The van der Waals surface area contributed by atoms with E-state index in [-0.39, 0.29) is 24.2 Å². The van der Waals surface area contributed by atoms with Crippen LogP contribution in [0.4, 0.5) is 17.1 Å². The second kappa shape index (κ2) is 7.83. The van der Waals surface area contributed by atoms with Crippen molar-refractivity contribution in [2.24, 2.45) is 5.10 Å². The lowest BCUT2D eigenvalue weighted by atomic mass is 10.2. The van der Waals surface area contributed by atoms with E-state index in [9.17, 15) is 29.8 Å². The van der Waals surface area contributed by atoms with Crippen LogP contribution in [0.25, 0.3) is 0 Å². The molecule has 136 valence electrons. The number of anilines is 1. The molecule has 0 aliphatic rings. The van der Waals surface area contributed by atoms with Crippen LogP contribution in [-0.4, -0.2) is 25.3 Å². The van der Waals surface area contributed by atoms with E-state index in [2.05, 4.69) is 15.6 Å². The van der Waals surface area contributed by atoms with Gasteiger partial charge in [0.2, 0.25) is 0 Å². The van der Waals surface area contributed by atoms with Crippen molar-refractivity contribution < 1.29 is 9.85 Å². The third kappa shape index (κ3) is 4.59. The molecule has 2 aromatic rings. The van der Waals surface area contributed by atoms with Gasteiger partial charge in [0.15, 0.2) is 0 Å². The number of non-ortho nitro benzene ring substituents is 1. The topological polar surface area (TPSA) is 166 Å². The number of hydrazone groups is 1. The van der Waals surface area contributed by atoms with E-state index in [1.165, 1.54) is 6.07 Å². The summed E-state index contributed by atoms with van der Waals surface area (Å²) in [7, 11) is 0. The maximum absolute atomic E-state index is 11.6. The Labute approximate surface area is 145 Å². The van der Waals surface area contributed by atoms with Gasteiger partial charge in [0.25, 0.3) is 16.8 Å². The molecule has 0 fully saturated rings. The van der Waals surface area contributed by atoms with Gasteiger partial charge in [-0.1, -0.05) is 0 Å². The number of H-pyrrole nitrogens is 1. The second-order valence-electron chi connectivity index (χ2n) is 5.22.